The van der Waals surface area contributed by atoms with E-state index in [-0.39, 0.29) is 17.9 Å². The summed E-state index contributed by atoms with van der Waals surface area (Å²) in [7, 11) is -6.42. The van der Waals surface area contributed by atoms with Crippen LogP contribution in [0.15, 0.2) is 53.4 Å². The van der Waals surface area contributed by atoms with E-state index in [4.69, 9.17) is 4.74 Å². The summed E-state index contributed by atoms with van der Waals surface area (Å²) in [5.41, 5.74) is 0.167. The molecule has 3 rings (SSSR count). The zero-order valence-electron chi connectivity index (χ0n) is 15.7. The minimum Gasteiger partial charge on any atom is -0.497 e. The summed E-state index contributed by atoms with van der Waals surface area (Å²) >= 11 is 0. The second-order valence-electron chi connectivity index (χ2n) is 6.58. The van der Waals surface area contributed by atoms with Crippen LogP contribution in [0.2, 0.25) is 0 Å². The molecule has 0 amide bonds. The first kappa shape index (κ1) is 22.2. The maximum atomic E-state index is 13.4. The number of nitrogens with zero attached hydrogens (tertiary/aromatic N) is 1. The molecule has 12 heteroatoms. The fourth-order valence-electron chi connectivity index (χ4n) is 3.18. The Kier molecular flexibility index (Phi) is 5.92. The molecule has 1 atom stereocenters. The van der Waals surface area contributed by atoms with Crippen LogP contribution in [0, 0.1) is 0 Å². The lowest BCUT2D eigenvalue weighted by Crippen LogP contribution is -2.41. The quantitative estimate of drug-likeness (QED) is 0.652. The SMILES string of the molecule is COc1ccc(N(C2CCS(=O)(=O)C2)S(=O)(=O)c2cccc(OC(F)(F)F)c2)cc1. The Morgan fingerprint density at radius 2 is 1.73 bits per heavy atom. The van der Waals surface area contributed by atoms with Gasteiger partial charge in [-0.25, -0.2) is 16.8 Å². The lowest BCUT2D eigenvalue weighted by atomic mass is 10.2. The number of sulfonamides is 1. The zero-order chi connectivity index (χ0) is 22.2. The van der Waals surface area contributed by atoms with Gasteiger partial charge in [0.2, 0.25) is 0 Å². The van der Waals surface area contributed by atoms with Crippen LogP contribution in [0.5, 0.6) is 11.5 Å². The van der Waals surface area contributed by atoms with E-state index in [9.17, 15) is 30.0 Å². The monoisotopic (exact) mass is 465 g/mol. The van der Waals surface area contributed by atoms with Crippen LogP contribution in [0.3, 0.4) is 0 Å². The first-order valence-electron chi connectivity index (χ1n) is 8.66. The summed E-state index contributed by atoms with van der Waals surface area (Å²) in [6, 6.07) is 8.96. The molecule has 1 saturated heterocycles. The van der Waals surface area contributed by atoms with Crippen LogP contribution in [-0.4, -0.2) is 47.9 Å². The Morgan fingerprint density at radius 3 is 2.27 bits per heavy atom. The Balaban J connectivity index is 2.07. The Hall–Kier alpha value is -2.47. The third kappa shape index (κ3) is 4.98. The molecule has 0 saturated carbocycles. The largest absolute Gasteiger partial charge is 0.573 e. The fraction of sp³-hybridized carbons (Fsp3) is 0.333. The number of ether oxygens (including phenoxy) is 2. The highest BCUT2D eigenvalue weighted by Gasteiger charge is 2.39. The van der Waals surface area contributed by atoms with E-state index in [1.165, 1.54) is 31.4 Å². The molecule has 1 fully saturated rings. The van der Waals surface area contributed by atoms with Gasteiger partial charge >= 0.3 is 6.36 Å². The molecule has 1 heterocycles. The van der Waals surface area contributed by atoms with Gasteiger partial charge in [0, 0.05) is 6.07 Å². The molecule has 2 aromatic carbocycles. The molecule has 164 valence electrons. The second-order valence-corrected chi connectivity index (χ2v) is 10.6. The van der Waals surface area contributed by atoms with Gasteiger partial charge in [0.05, 0.1) is 35.2 Å². The van der Waals surface area contributed by atoms with Crippen LogP contribution in [0.25, 0.3) is 0 Å². The second kappa shape index (κ2) is 7.99. The van der Waals surface area contributed by atoms with Gasteiger partial charge in [-0.3, -0.25) is 4.31 Å². The van der Waals surface area contributed by atoms with Crippen molar-refractivity contribution in [2.45, 2.75) is 23.7 Å². The summed E-state index contributed by atoms with van der Waals surface area (Å²) in [6.07, 6.45) is -4.93. The molecule has 7 nitrogen and oxygen atoms in total. The van der Waals surface area contributed by atoms with E-state index in [2.05, 4.69) is 4.74 Å². The molecule has 1 unspecified atom stereocenters. The van der Waals surface area contributed by atoms with Crippen molar-refractivity contribution in [3.63, 3.8) is 0 Å². The standard InChI is InChI=1S/C18H18F3NO6S2/c1-27-15-7-5-13(6-8-15)22(14-9-10-29(23,24)12-14)30(25,26)17-4-2-3-16(11-17)28-18(19,20)21/h2-8,11,14H,9-10,12H2,1H3. The minimum absolute atomic E-state index is 0.0618. The predicted molar refractivity (Wildman–Crippen MR) is 103 cm³/mol. The number of alkyl halides is 3. The molecule has 0 bridgehead atoms. The van der Waals surface area contributed by atoms with E-state index >= 15 is 0 Å². The number of hydrogen-bond donors (Lipinski definition) is 0. The topological polar surface area (TPSA) is 90.0 Å². The van der Waals surface area contributed by atoms with Gasteiger partial charge in [-0.1, -0.05) is 6.07 Å². The van der Waals surface area contributed by atoms with Crippen molar-refractivity contribution in [2.24, 2.45) is 0 Å². The van der Waals surface area contributed by atoms with Gasteiger partial charge in [0.25, 0.3) is 10.0 Å². The maximum Gasteiger partial charge on any atom is 0.573 e. The number of benzene rings is 2. The predicted octanol–water partition coefficient (Wildman–Crippen LogP) is 2.98. The van der Waals surface area contributed by atoms with Gasteiger partial charge in [0.15, 0.2) is 9.84 Å². The minimum atomic E-state index is -4.99. The molecule has 0 spiro atoms. The third-order valence-electron chi connectivity index (χ3n) is 4.46. The number of hydrogen-bond acceptors (Lipinski definition) is 6. The first-order chi connectivity index (χ1) is 13.9. The highest BCUT2D eigenvalue weighted by molar-refractivity contribution is 7.93. The van der Waals surface area contributed by atoms with Crippen LogP contribution in [0.4, 0.5) is 18.9 Å². The molecule has 30 heavy (non-hydrogen) atoms. The maximum absolute atomic E-state index is 13.4. The van der Waals surface area contributed by atoms with Crippen molar-refractivity contribution in [3.8, 4) is 11.5 Å². The van der Waals surface area contributed by atoms with Gasteiger partial charge in [-0.05, 0) is 42.8 Å². The van der Waals surface area contributed by atoms with Crippen LogP contribution >= 0.6 is 0 Å². The smallest absolute Gasteiger partial charge is 0.497 e. The number of sulfone groups is 1. The van der Waals surface area contributed by atoms with Gasteiger partial charge < -0.3 is 9.47 Å². The summed E-state index contributed by atoms with van der Waals surface area (Å²) in [5, 5.41) is 0. The molecule has 0 N–H and O–H groups in total. The average Bonchev–Trinajstić information content (AvgIpc) is 3.00. The van der Waals surface area contributed by atoms with Crippen molar-refractivity contribution < 1.29 is 39.5 Å². The highest BCUT2D eigenvalue weighted by Crippen LogP contribution is 2.33. The van der Waals surface area contributed by atoms with Crippen LogP contribution < -0.4 is 13.8 Å². The summed E-state index contributed by atoms with van der Waals surface area (Å²) in [4.78, 5) is -0.454. The number of anilines is 1. The van der Waals surface area contributed by atoms with E-state index in [1.807, 2.05) is 0 Å². The molecular formula is C18H18F3NO6S2. The first-order valence-corrected chi connectivity index (χ1v) is 11.9. The number of methoxy groups -OCH3 is 1. The molecule has 0 aromatic heterocycles. The molecule has 1 aliphatic rings. The number of halogens is 3. The van der Waals surface area contributed by atoms with Crippen molar-refractivity contribution in [2.75, 3.05) is 22.9 Å². The summed E-state index contributed by atoms with van der Waals surface area (Å²) in [5.74, 6) is -0.818. The fourth-order valence-corrected chi connectivity index (χ4v) is 6.69. The number of rotatable bonds is 6. The van der Waals surface area contributed by atoms with Gasteiger partial charge in [-0.15, -0.1) is 13.2 Å². The van der Waals surface area contributed by atoms with E-state index in [0.29, 0.717) is 5.75 Å². The molecule has 0 radical (unpaired) electrons. The third-order valence-corrected chi connectivity index (χ3v) is 8.09. The lowest BCUT2D eigenvalue weighted by molar-refractivity contribution is -0.274. The van der Waals surface area contributed by atoms with Crippen LogP contribution in [0.1, 0.15) is 6.42 Å². The van der Waals surface area contributed by atoms with Gasteiger partial charge in [0.1, 0.15) is 11.5 Å². The normalized spacial score (nSPS) is 18.7. The summed E-state index contributed by atoms with van der Waals surface area (Å²) < 4.78 is 98.1. The highest BCUT2D eigenvalue weighted by atomic mass is 32.2. The molecular weight excluding hydrogens is 447 g/mol. The average molecular weight is 465 g/mol. The lowest BCUT2D eigenvalue weighted by Gasteiger charge is -2.30. The van der Waals surface area contributed by atoms with E-state index in [0.717, 1.165) is 28.6 Å². The zero-order valence-corrected chi connectivity index (χ0v) is 17.3. The van der Waals surface area contributed by atoms with E-state index < -0.39 is 48.7 Å². The van der Waals surface area contributed by atoms with Gasteiger partial charge in [-0.2, -0.15) is 0 Å². The van der Waals surface area contributed by atoms with E-state index in [1.54, 1.807) is 0 Å². The van der Waals surface area contributed by atoms with Crippen molar-refractivity contribution >= 4 is 25.5 Å². The molecule has 0 aliphatic carbocycles. The molecule has 2 aromatic rings. The Labute approximate surface area is 172 Å². The summed E-state index contributed by atoms with van der Waals surface area (Å²) in [6.45, 7) is 0. The Morgan fingerprint density at radius 1 is 1.07 bits per heavy atom. The molecule has 1 aliphatic heterocycles. The van der Waals surface area contributed by atoms with Crippen molar-refractivity contribution in [1.82, 2.24) is 0 Å². The van der Waals surface area contributed by atoms with Crippen molar-refractivity contribution in [3.05, 3.63) is 48.5 Å². The Bertz CT molecular complexity index is 1120. The van der Waals surface area contributed by atoms with Crippen molar-refractivity contribution in [1.29, 1.82) is 0 Å². The van der Waals surface area contributed by atoms with Crippen LogP contribution in [-0.2, 0) is 19.9 Å².